The van der Waals surface area contributed by atoms with E-state index in [1.54, 1.807) is 11.8 Å². The molecule has 0 saturated carbocycles. The van der Waals surface area contributed by atoms with Crippen LogP contribution in [-0.4, -0.2) is 15.6 Å². The maximum absolute atomic E-state index is 6.36. The number of aryl methyl sites for hydroxylation is 1. The Hall–Kier alpha value is -1.52. The molecule has 0 aliphatic carbocycles. The average molecular weight is 318 g/mol. The van der Waals surface area contributed by atoms with Crippen molar-refractivity contribution in [2.75, 3.05) is 5.73 Å². The fourth-order valence-corrected chi connectivity index (χ4v) is 3.67. The lowest BCUT2D eigenvalue weighted by Crippen LogP contribution is -2.22. The van der Waals surface area contributed by atoms with Crippen LogP contribution >= 0.6 is 23.4 Å². The standard InChI is InChI=1S/C16H16ClN3S/c1-9-13(18)7-10(8-19-9)14-11-5-4-6-12(17)15(11)21-16(2,3)20-14/h4-8H,18H2,1-3H3. The number of nitrogen functional groups attached to an aromatic ring is 1. The highest BCUT2D eigenvalue weighted by Crippen LogP contribution is 2.44. The van der Waals surface area contributed by atoms with Crippen LogP contribution in [0.2, 0.25) is 5.02 Å². The van der Waals surface area contributed by atoms with Crippen LogP contribution in [0.1, 0.15) is 30.7 Å². The molecule has 1 aromatic carbocycles. The first-order valence-corrected chi connectivity index (χ1v) is 7.87. The van der Waals surface area contributed by atoms with E-state index in [0.717, 1.165) is 32.5 Å². The average Bonchev–Trinajstić information content (AvgIpc) is 2.42. The van der Waals surface area contributed by atoms with Gasteiger partial charge >= 0.3 is 0 Å². The summed E-state index contributed by atoms with van der Waals surface area (Å²) in [5.74, 6) is 0. The first-order chi connectivity index (χ1) is 9.87. The lowest BCUT2D eigenvalue weighted by Gasteiger charge is -2.29. The van der Waals surface area contributed by atoms with Gasteiger partial charge in [0, 0.05) is 22.2 Å². The summed E-state index contributed by atoms with van der Waals surface area (Å²) in [4.78, 5) is 10.0. The molecule has 0 saturated heterocycles. The molecule has 0 radical (unpaired) electrons. The van der Waals surface area contributed by atoms with Gasteiger partial charge in [-0.2, -0.15) is 0 Å². The number of hydrogen-bond donors (Lipinski definition) is 1. The van der Waals surface area contributed by atoms with Crippen molar-refractivity contribution in [3.8, 4) is 0 Å². The van der Waals surface area contributed by atoms with Crippen molar-refractivity contribution in [2.24, 2.45) is 4.99 Å². The fraction of sp³-hybridized carbons (Fsp3) is 0.250. The largest absolute Gasteiger partial charge is 0.397 e. The predicted molar refractivity (Wildman–Crippen MR) is 90.4 cm³/mol. The molecule has 1 aromatic heterocycles. The molecule has 5 heteroatoms. The van der Waals surface area contributed by atoms with Crippen molar-refractivity contribution < 1.29 is 0 Å². The van der Waals surface area contributed by atoms with Crippen LogP contribution < -0.4 is 5.73 Å². The monoisotopic (exact) mass is 317 g/mol. The molecule has 2 aromatic rings. The number of hydrogen-bond acceptors (Lipinski definition) is 4. The van der Waals surface area contributed by atoms with Gasteiger partial charge in [0.15, 0.2) is 0 Å². The summed E-state index contributed by atoms with van der Waals surface area (Å²) in [5, 5.41) is 0.756. The Bertz CT molecular complexity index is 753. The summed E-state index contributed by atoms with van der Waals surface area (Å²) >= 11 is 8.04. The minimum Gasteiger partial charge on any atom is -0.397 e. The van der Waals surface area contributed by atoms with Gasteiger partial charge in [-0.15, -0.1) is 0 Å². The van der Waals surface area contributed by atoms with E-state index in [1.165, 1.54) is 0 Å². The number of halogens is 1. The van der Waals surface area contributed by atoms with Crippen LogP contribution in [0, 0.1) is 6.92 Å². The number of aromatic nitrogens is 1. The third kappa shape index (κ3) is 2.65. The number of fused-ring (bicyclic) bond motifs is 1. The Kier molecular flexibility index (Phi) is 3.46. The molecule has 0 bridgehead atoms. The minimum atomic E-state index is -0.271. The number of benzene rings is 1. The van der Waals surface area contributed by atoms with Crippen LogP contribution in [0.25, 0.3) is 0 Å². The summed E-state index contributed by atoms with van der Waals surface area (Å²) in [6.07, 6.45) is 1.82. The Balaban J connectivity index is 2.23. The van der Waals surface area contributed by atoms with Crippen LogP contribution in [0.5, 0.6) is 0 Å². The third-order valence-corrected chi connectivity index (χ3v) is 5.02. The highest BCUT2D eigenvalue weighted by atomic mass is 35.5. The maximum atomic E-state index is 6.36. The van der Waals surface area contributed by atoms with E-state index in [0.29, 0.717) is 5.69 Å². The lowest BCUT2D eigenvalue weighted by molar-refractivity contribution is 0.755. The van der Waals surface area contributed by atoms with Gasteiger partial charge in [0.25, 0.3) is 0 Å². The molecule has 2 heterocycles. The molecule has 21 heavy (non-hydrogen) atoms. The molecule has 3 rings (SSSR count). The van der Waals surface area contributed by atoms with E-state index in [9.17, 15) is 0 Å². The molecule has 2 N–H and O–H groups in total. The van der Waals surface area contributed by atoms with Gasteiger partial charge in [0.05, 0.1) is 22.1 Å². The Morgan fingerprint density at radius 1 is 1.29 bits per heavy atom. The van der Waals surface area contributed by atoms with Gasteiger partial charge in [0.1, 0.15) is 4.87 Å². The van der Waals surface area contributed by atoms with Gasteiger partial charge in [-0.05, 0) is 32.9 Å². The van der Waals surface area contributed by atoms with E-state index in [1.807, 2.05) is 37.4 Å². The summed E-state index contributed by atoms with van der Waals surface area (Å²) in [6.45, 7) is 6.05. The van der Waals surface area contributed by atoms with E-state index in [4.69, 9.17) is 22.3 Å². The summed E-state index contributed by atoms with van der Waals surface area (Å²) < 4.78 is 0. The molecule has 1 aliphatic heterocycles. The molecular weight excluding hydrogens is 302 g/mol. The first kappa shape index (κ1) is 14.4. The van der Waals surface area contributed by atoms with Gasteiger partial charge in [0.2, 0.25) is 0 Å². The Morgan fingerprint density at radius 3 is 2.76 bits per heavy atom. The maximum Gasteiger partial charge on any atom is 0.106 e. The molecule has 0 unspecified atom stereocenters. The minimum absolute atomic E-state index is 0.271. The summed E-state index contributed by atoms with van der Waals surface area (Å²) in [5.41, 5.74) is 10.4. The number of aliphatic imine (C=N–C) groups is 1. The molecule has 0 spiro atoms. The number of thioether (sulfide) groups is 1. The Morgan fingerprint density at radius 2 is 2.05 bits per heavy atom. The molecule has 0 amide bonds. The molecule has 3 nitrogen and oxygen atoms in total. The van der Waals surface area contributed by atoms with E-state index >= 15 is 0 Å². The van der Waals surface area contributed by atoms with E-state index < -0.39 is 0 Å². The second-order valence-corrected chi connectivity index (χ2v) is 7.54. The van der Waals surface area contributed by atoms with Gasteiger partial charge in [-0.1, -0.05) is 35.5 Å². The number of rotatable bonds is 1. The first-order valence-electron chi connectivity index (χ1n) is 6.67. The molecule has 1 aliphatic rings. The SMILES string of the molecule is Cc1ncc(C2=NC(C)(C)Sc3c(Cl)cccc32)cc1N. The van der Waals surface area contributed by atoms with Crippen LogP contribution in [0.3, 0.4) is 0 Å². The van der Waals surface area contributed by atoms with E-state index in [-0.39, 0.29) is 4.87 Å². The normalized spacial score (nSPS) is 16.3. The third-order valence-electron chi connectivity index (χ3n) is 3.35. The van der Waals surface area contributed by atoms with Crippen molar-refractivity contribution in [3.63, 3.8) is 0 Å². The van der Waals surface area contributed by atoms with Crippen molar-refractivity contribution in [1.82, 2.24) is 4.98 Å². The van der Waals surface area contributed by atoms with Crippen LogP contribution in [0.15, 0.2) is 40.4 Å². The highest BCUT2D eigenvalue weighted by molar-refractivity contribution is 8.00. The van der Waals surface area contributed by atoms with Gasteiger partial charge < -0.3 is 5.73 Å². The van der Waals surface area contributed by atoms with Crippen molar-refractivity contribution in [2.45, 2.75) is 30.5 Å². The van der Waals surface area contributed by atoms with Gasteiger partial charge in [-0.3, -0.25) is 9.98 Å². The molecule has 0 fully saturated rings. The second kappa shape index (κ2) is 5.04. The number of nitrogens with zero attached hydrogens (tertiary/aromatic N) is 2. The molecule has 0 atom stereocenters. The Labute approximate surface area is 133 Å². The number of pyridine rings is 1. The highest BCUT2D eigenvalue weighted by Gasteiger charge is 2.29. The van der Waals surface area contributed by atoms with Crippen LogP contribution in [0.4, 0.5) is 5.69 Å². The quantitative estimate of drug-likeness (QED) is 0.853. The topological polar surface area (TPSA) is 51.3 Å². The predicted octanol–water partition coefficient (Wildman–Crippen LogP) is 4.30. The van der Waals surface area contributed by atoms with E-state index in [2.05, 4.69) is 18.8 Å². The molecular formula is C16H16ClN3S. The smallest absolute Gasteiger partial charge is 0.106 e. The zero-order chi connectivity index (χ0) is 15.2. The summed E-state index contributed by atoms with van der Waals surface area (Å²) in [6, 6.07) is 7.82. The van der Waals surface area contributed by atoms with Crippen LogP contribution in [-0.2, 0) is 0 Å². The van der Waals surface area contributed by atoms with Gasteiger partial charge in [-0.25, -0.2) is 0 Å². The van der Waals surface area contributed by atoms with Crippen molar-refractivity contribution in [3.05, 3.63) is 52.3 Å². The number of nitrogens with two attached hydrogens (primary N) is 1. The lowest BCUT2D eigenvalue weighted by atomic mass is 10.0. The second-order valence-electron chi connectivity index (χ2n) is 5.52. The number of anilines is 1. The summed E-state index contributed by atoms with van der Waals surface area (Å²) in [7, 11) is 0. The zero-order valence-electron chi connectivity index (χ0n) is 12.1. The molecule has 108 valence electrons. The fourth-order valence-electron chi connectivity index (χ4n) is 2.30. The zero-order valence-corrected chi connectivity index (χ0v) is 13.7. The van der Waals surface area contributed by atoms with Crippen molar-refractivity contribution in [1.29, 1.82) is 0 Å². The van der Waals surface area contributed by atoms with Crippen molar-refractivity contribution >= 4 is 34.8 Å².